The van der Waals surface area contributed by atoms with E-state index < -0.39 is 8.32 Å². The molecule has 0 radical (unpaired) electrons. The van der Waals surface area contributed by atoms with E-state index in [4.69, 9.17) is 28.1 Å². The Labute approximate surface area is 304 Å². The van der Waals surface area contributed by atoms with Crippen molar-refractivity contribution in [3.05, 3.63) is 120 Å². The fraction of sp³-hybridized carbons (Fsp3) is 0.405. The lowest BCUT2D eigenvalue weighted by atomic mass is 9.98. The molecule has 272 valence electrons. The summed E-state index contributed by atoms with van der Waals surface area (Å²) in [5.74, 6) is 0.0420. The van der Waals surface area contributed by atoms with E-state index >= 15 is 0 Å². The molecular weight excluding hydrogens is 659 g/mol. The second kappa shape index (κ2) is 19.1. The number of hydrogen-bond acceptors (Lipinski definition) is 7. The van der Waals surface area contributed by atoms with Gasteiger partial charge in [-0.05, 0) is 37.7 Å². The number of likely N-dealkylation sites (N-methyl/N-ethyl adjacent to an activating group) is 1. The van der Waals surface area contributed by atoms with Crippen LogP contribution in [0.4, 0.5) is 4.79 Å². The summed E-state index contributed by atoms with van der Waals surface area (Å²) in [6, 6.07) is 37.9. The molecule has 1 amide bonds. The summed E-state index contributed by atoms with van der Waals surface area (Å²) in [6.45, 7) is 11.8. The molecule has 0 unspecified atom stereocenters. The second-order valence-electron chi connectivity index (χ2n) is 13.7. The molecule has 0 saturated heterocycles. The molecule has 0 aromatic heterocycles. The minimum absolute atomic E-state index is 0.0420. The number of amides is 1. The summed E-state index contributed by atoms with van der Waals surface area (Å²) < 4.78 is 35.4. The van der Waals surface area contributed by atoms with Gasteiger partial charge in [0.25, 0.3) is 8.32 Å². The number of benzene rings is 4. The van der Waals surface area contributed by atoms with Gasteiger partial charge in [0.1, 0.15) is 6.61 Å². The van der Waals surface area contributed by atoms with Gasteiger partial charge in [0.15, 0.2) is 0 Å². The number of nitrogens with zero attached hydrogens (tertiary/aromatic N) is 1. The number of hydrogen-bond donors (Lipinski definition) is 0. The van der Waals surface area contributed by atoms with Crippen molar-refractivity contribution in [2.75, 3.05) is 79.7 Å². The van der Waals surface area contributed by atoms with Crippen molar-refractivity contribution in [3.63, 3.8) is 0 Å². The van der Waals surface area contributed by atoms with Crippen LogP contribution < -0.4 is 10.4 Å². The maximum absolute atomic E-state index is 12.7. The minimum Gasteiger partial charge on any atom is -0.448 e. The third kappa shape index (κ3) is 9.94. The fourth-order valence-corrected chi connectivity index (χ4v) is 11.3. The van der Waals surface area contributed by atoms with Crippen LogP contribution in [0.2, 0.25) is 5.04 Å². The molecule has 1 aliphatic rings. The molecule has 0 aliphatic heterocycles. The Kier molecular flexibility index (Phi) is 14.4. The molecule has 0 heterocycles. The molecule has 4 aromatic rings. The Morgan fingerprint density at radius 3 is 1.47 bits per heavy atom. The third-order valence-electron chi connectivity index (χ3n) is 9.30. The lowest BCUT2D eigenvalue weighted by Crippen LogP contribution is -2.66. The maximum atomic E-state index is 12.7. The third-order valence-corrected chi connectivity index (χ3v) is 14.3. The maximum Gasteiger partial charge on any atom is 0.409 e. The zero-order valence-electron chi connectivity index (χ0n) is 30.6. The van der Waals surface area contributed by atoms with Crippen molar-refractivity contribution in [2.45, 2.75) is 31.7 Å². The zero-order chi connectivity index (χ0) is 35.9. The molecule has 0 bridgehead atoms. The van der Waals surface area contributed by atoms with E-state index in [2.05, 4.69) is 106 Å². The van der Waals surface area contributed by atoms with E-state index in [9.17, 15) is 4.79 Å². The van der Waals surface area contributed by atoms with Gasteiger partial charge < -0.3 is 33.0 Å². The van der Waals surface area contributed by atoms with Crippen molar-refractivity contribution in [1.82, 2.24) is 4.90 Å². The summed E-state index contributed by atoms with van der Waals surface area (Å²) in [4.78, 5) is 14.2. The first-order valence-electron chi connectivity index (χ1n) is 17.9. The van der Waals surface area contributed by atoms with Crippen LogP contribution in [0.15, 0.2) is 109 Å². The quantitative estimate of drug-likeness (QED) is 0.0765. The fourth-order valence-electron chi connectivity index (χ4n) is 6.77. The van der Waals surface area contributed by atoms with Crippen LogP contribution in [-0.4, -0.2) is 99.0 Å². The molecule has 1 aliphatic carbocycles. The van der Waals surface area contributed by atoms with Gasteiger partial charge in [0, 0.05) is 19.5 Å². The van der Waals surface area contributed by atoms with E-state index in [0.717, 1.165) is 0 Å². The Bertz CT molecular complexity index is 1540. The molecule has 5 rings (SSSR count). The highest BCUT2D eigenvalue weighted by molar-refractivity contribution is 6.99. The highest BCUT2D eigenvalue weighted by Gasteiger charge is 2.50. The Hall–Kier alpha value is -3.83. The minimum atomic E-state index is -2.55. The van der Waals surface area contributed by atoms with Gasteiger partial charge >= 0.3 is 6.09 Å². The number of carbonyl (C=O) groups excluding carboxylic acids is 1. The summed E-state index contributed by atoms with van der Waals surface area (Å²) in [7, 11) is -0.826. The average Bonchev–Trinajstić information content (AvgIpc) is 3.47. The van der Waals surface area contributed by atoms with Crippen LogP contribution in [0.5, 0.6) is 0 Å². The number of fused-ring (bicyclic) bond motifs is 3. The van der Waals surface area contributed by atoms with E-state index in [1.807, 2.05) is 24.3 Å². The van der Waals surface area contributed by atoms with Gasteiger partial charge in [0.05, 0.1) is 59.5 Å². The van der Waals surface area contributed by atoms with Crippen LogP contribution >= 0.6 is 0 Å². The number of carbonyl (C=O) groups is 1. The van der Waals surface area contributed by atoms with Crippen LogP contribution in [0.3, 0.4) is 0 Å². The lowest BCUT2D eigenvalue weighted by Gasteiger charge is -2.43. The molecular formula is C42H53NO7Si. The molecule has 0 N–H and O–H groups in total. The largest absolute Gasteiger partial charge is 0.448 e. The molecule has 51 heavy (non-hydrogen) atoms. The van der Waals surface area contributed by atoms with Gasteiger partial charge in [-0.2, -0.15) is 0 Å². The summed E-state index contributed by atoms with van der Waals surface area (Å²) >= 11 is 0. The van der Waals surface area contributed by atoms with Gasteiger partial charge in [-0.15, -0.1) is 0 Å². The smallest absolute Gasteiger partial charge is 0.409 e. The van der Waals surface area contributed by atoms with Crippen molar-refractivity contribution >= 4 is 24.8 Å². The van der Waals surface area contributed by atoms with Crippen molar-refractivity contribution in [2.24, 2.45) is 0 Å². The van der Waals surface area contributed by atoms with Crippen LogP contribution in [0.1, 0.15) is 37.8 Å². The van der Waals surface area contributed by atoms with Gasteiger partial charge in [-0.3, -0.25) is 0 Å². The lowest BCUT2D eigenvalue weighted by molar-refractivity contribution is -0.00627. The van der Waals surface area contributed by atoms with E-state index in [-0.39, 0.29) is 17.0 Å². The highest BCUT2D eigenvalue weighted by atomic mass is 28.4. The Morgan fingerprint density at radius 1 is 0.588 bits per heavy atom. The van der Waals surface area contributed by atoms with Crippen molar-refractivity contribution in [1.29, 1.82) is 0 Å². The first kappa shape index (κ1) is 38.4. The summed E-state index contributed by atoms with van der Waals surface area (Å²) in [6.07, 6.45) is -0.357. The van der Waals surface area contributed by atoms with Crippen LogP contribution in [-0.2, 0) is 28.1 Å². The predicted octanol–water partition coefficient (Wildman–Crippen LogP) is 6.51. The molecule has 0 atom stereocenters. The predicted molar refractivity (Wildman–Crippen MR) is 205 cm³/mol. The van der Waals surface area contributed by atoms with Gasteiger partial charge in [-0.1, -0.05) is 130 Å². The van der Waals surface area contributed by atoms with Gasteiger partial charge in [-0.25, -0.2) is 4.79 Å². The normalized spacial score (nSPS) is 12.8. The first-order valence-corrected chi connectivity index (χ1v) is 19.9. The number of rotatable bonds is 20. The van der Waals surface area contributed by atoms with Crippen molar-refractivity contribution in [3.8, 4) is 11.1 Å². The van der Waals surface area contributed by atoms with E-state index in [0.29, 0.717) is 72.6 Å². The summed E-state index contributed by atoms with van der Waals surface area (Å²) in [5.41, 5.74) is 4.82. The second-order valence-corrected chi connectivity index (χ2v) is 18.0. The topological polar surface area (TPSA) is 75.7 Å². The van der Waals surface area contributed by atoms with Crippen LogP contribution in [0.25, 0.3) is 11.1 Å². The molecule has 9 heteroatoms. The molecule has 0 spiro atoms. The van der Waals surface area contributed by atoms with Crippen molar-refractivity contribution < 1.29 is 32.9 Å². The standard InChI is InChI=1S/C42H53NO7Si/c1-42(2,3)51(34-15-7-5-8-16-34,35-17-9-6-10-18-35)50-32-31-48-30-29-47-28-27-46-26-25-45-24-23-43(4)41(44)49-33-40-38-21-13-11-19-36(38)37-20-12-14-22-39(37)40/h5-22,40H,23-33H2,1-4H3. The Balaban J connectivity index is 0.886. The van der Waals surface area contributed by atoms with Crippen LogP contribution in [0, 0.1) is 0 Å². The molecule has 0 saturated carbocycles. The molecule has 4 aromatic carbocycles. The zero-order valence-corrected chi connectivity index (χ0v) is 31.6. The highest BCUT2D eigenvalue weighted by Crippen LogP contribution is 2.44. The van der Waals surface area contributed by atoms with Gasteiger partial charge in [0.2, 0.25) is 0 Å². The molecule has 0 fully saturated rings. The number of ether oxygens (including phenoxy) is 5. The summed E-state index contributed by atoms with van der Waals surface area (Å²) in [5, 5.41) is 2.46. The first-order chi connectivity index (χ1) is 24.8. The average molecular weight is 712 g/mol. The SMILES string of the molecule is CN(CCOCCOCCOCCOCCO[Si](c1ccccc1)(c1ccccc1)C(C)(C)C)C(=O)OCC1c2ccccc2-c2ccccc21. The monoisotopic (exact) mass is 711 g/mol. The van der Waals surface area contributed by atoms with E-state index in [1.165, 1.54) is 32.6 Å². The Morgan fingerprint density at radius 2 is 1.00 bits per heavy atom. The van der Waals surface area contributed by atoms with E-state index in [1.54, 1.807) is 11.9 Å². The molecule has 8 nitrogen and oxygen atoms in total.